The molecule has 2 aliphatic rings. The van der Waals surface area contributed by atoms with E-state index in [0.29, 0.717) is 11.5 Å². The lowest BCUT2D eigenvalue weighted by atomic mass is 9.68. The molecule has 2 atom stereocenters. The highest BCUT2D eigenvalue weighted by atomic mass is 15.2. The molecule has 2 rings (SSSR count). The SMILES string of the molecule is CCC(C)(C)C1CCC(N2CCCC(C(C)N)C2)CC1. The van der Waals surface area contributed by atoms with Gasteiger partial charge in [0.2, 0.25) is 0 Å². The van der Waals surface area contributed by atoms with Gasteiger partial charge in [0.1, 0.15) is 0 Å². The minimum Gasteiger partial charge on any atom is -0.328 e. The van der Waals surface area contributed by atoms with Gasteiger partial charge in [-0.05, 0) is 69.2 Å². The van der Waals surface area contributed by atoms with Gasteiger partial charge < -0.3 is 10.6 Å². The van der Waals surface area contributed by atoms with E-state index in [-0.39, 0.29) is 0 Å². The van der Waals surface area contributed by atoms with E-state index in [1.807, 2.05) is 0 Å². The van der Waals surface area contributed by atoms with Crippen molar-refractivity contribution < 1.29 is 0 Å². The highest BCUT2D eigenvalue weighted by Crippen LogP contribution is 2.41. The van der Waals surface area contributed by atoms with E-state index in [0.717, 1.165) is 17.9 Å². The van der Waals surface area contributed by atoms with Gasteiger partial charge in [0.25, 0.3) is 0 Å². The van der Waals surface area contributed by atoms with Crippen molar-refractivity contribution in [2.75, 3.05) is 13.1 Å². The minimum atomic E-state index is 0.369. The van der Waals surface area contributed by atoms with Crippen LogP contribution in [-0.4, -0.2) is 30.1 Å². The zero-order chi connectivity index (χ0) is 14.8. The highest BCUT2D eigenvalue weighted by Gasteiger charge is 2.35. The highest BCUT2D eigenvalue weighted by molar-refractivity contribution is 4.88. The second-order valence-electron chi connectivity index (χ2n) is 8.10. The molecular weight excluding hydrogens is 244 g/mol. The monoisotopic (exact) mass is 280 g/mol. The lowest BCUT2D eigenvalue weighted by Gasteiger charge is -2.45. The molecule has 2 N–H and O–H groups in total. The van der Waals surface area contributed by atoms with Crippen LogP contribution in [0.15, 0.2) is 0 Å². The van der Waals surface area contributed by atoms with Gasteiger partial charge in [-0.3, -0.25) is 0 Å². The van der Waals surface area contributed by atoms with Crippen molar-refractivity contribution in [3.8, 4) is 0 Å². The number of hydrogen-bond donors (Lipinski definition) is 1. The Hall–Kier alpha value is -0.0800. The van der Waals surface area contributed by atoms with E-state index in [2.05, 4.69) is 32.6 Å². The standard InChI is InChI=1S/C18H36N2/c1-5-18(3,4)16-8-10-17(11-9-16)20-12-6-7-15(13-20)14(2)19/h14-17H,5-13,19H2,1-4H3. The summed E-state index contributed by atoms with van der Waals surface area (Å²) in [6, 6.07) is 1.22. The Kier molecular flexibility index (Phi) is 5.53. The van der Waals surface area contributed by atoms with E-state index in [1.165, 1.54) is 58.0 Å². The predicted octanol–water partition coefficient (Wildman–Crippen LogP) is 4.04. The third-order valence-corrected chi connectivity index (χ3v) is 6.46. The van der Waals surface area contributed by atoms with E-state index in [1.54, 1.807) is 0 Å². The van der Waals surface area contributed by atoms with Crippen LogP contribution >= 0.6 is 0 Å². The smallest absolute Gasteiger partial charge is 0.00955 e. The summed E-state index contributed by atoms with van der Waals surface area (Å²) < 4.78 is 0. The molecule has 2 nitrogen and oxygen atoms in total. The first-order chi connectivity index (χ1) is 9.44. The molecule has 2 fully saturated rings. The molecular formula is C18H36N2. The van der Waals surface area contributed by atoms with Gasteiger partial charge in [0.05, 0.1) is 0 Å². The second-order valence-corrected chi connectivity index (χ2v) is 8.10. The molecule has 2 heteroatoms. The Balaban J connectivity index is 1.84. The van der Waals surface area contributed by atoms with Gasteiger partial charge in [0, 0.05) is 18.6 Å². The normalized spacial score (nSPS) is 35.0. The van der Waals surface area contributed by atoms with Crippen molar-refractivity contribution in [2.24, 2.45) is 23.0 Å². The third kappa shape index (κ3) is 3.76. The molecule has 2 unspecified atom stereocenters. The maximum Gasteiger partial charge on any atom is 0.00955 e. The van der Waals surface area contributed by atoms with Crippen LogP contribution < -0.4 is 5.73 Å². The zero-order valence-electron chi connectivity index (χ0n) is 14.2. The average Bonchev–Trinajstić information content (AvgIpc) is 2.47. The number of nitrogens with zero attached hydrogens (tertiary/aromatic N) is 1. The van der Waals surface area contributed by atoms with E-state index in [4.69, 9.17) is 5.73 Å². The molecule has 0 spiro atoms. The van der Waals surface area contributed by atoms with Crippen molar-refractivity contribution in [2.45, 2.75) is 84.7 Å². The summed E-state index contributed by atoms with van der Waals surface area (Å²) in [6.45, 7) is 12.0. The summed E-state index contributed by atoms with van der Waals surface area (Å²) in [5, 5.41) is 0. The lowest BCUT2D eigenvalue weighted by Crippen LogP contribution is -2.48. The van der Waals surface area contributed by atoms with Crippen LogP contribution in [0.1, 0.15) is 72.6 Å². The van der Waals surface area contributed by atoms with Crippen LogP contribution in [0.3, 0.4) is 0 Å². The molecule has 1 aliphatic heterocycles. The van der Waals surface area contributed by atoms with Crippen molar-refractivity contribution in [1.29, 1.82) is 0 Å². The number of rotatable bonds is 4. The van der Waals surface area contributed by atoms with Gasteiger partial charge in [-0.2, -0.15) is 0 Å². The van der Waals surface area contributed by atoms with Crippen LogP contribution in [-0.2, 0) is 0 Å². The Bertz CT molecular complexity index is 290. The molecule has 0 aromatic carbocycles. The maximum absolute atomic E-state index is 6.13. The average molecular weight is 280 g/mol. The zero-order valence-corrected chi connectivity index (χ0v) is 14.2. The molecule has 1 saturated heterocycles. The Labute approximate surface area is 126 Å². The fourth-order valence-electron chi connectivity index (χ4n) is 4.31. The minimum absolute atomic E-state index is 0.369. The summed E-state index contributed by atoms with van der Waals surface area (Å²) in [4.78, 5) is 2.77. The molecule has 0 amide bonds. The molecule has 0 radical (unpaired) electrons. The molecule has 118 valence electrons. The Morgan fingerprint density at radius 2 is 1.80 bits per heavy atom. The van der Waals surface area contributed by atoms with Gasteiger partial charge in [-0.1, -0.05) is 27.2 Å². The van der Waals surface area contributed by atoms with E-state index in [9.17, 15) is 0 Å². The predicted molar refractivity (Wildman–Crippen MR) is 87.8 cm³/mol. The Morgan fingerprint density at radius 3 is 2.35 bits per heavy atom. The first-order valence-corrected chi connectivity index (χ1v) is 8.93. The molecule has 1 aliphatic carbocycles. The van der Waals surface area contributed by atoms with Gasteiger partial charge in [-0.15, -0.1) is 0 Å². The second kappa shape index (κ2) is 6.79. The molecule has 0 aromatic rings. The van der Waals surface area contributed by atoms with Gasteiger partial charge in [-0.25, -0.2) is 0 Å². The lowest BCUT2D eigenvalue weighted by molar-refractivity contribution is 0.0552. The van der Waals surface area contributed by atoms with Crippen molar-refractivity contribution in [3.63, 3.8) is 0 Å². The van der Waals surface area contributed by atoms with Crippen molar-refractivity contribution in [1.82, 2.24) is 4.90 Å². The number of hydrogen-bond acceptors (Lipinski definition) is 2. The summed E-state index contributed by atoms with van der Waals surface area (Å²) >= 11 is 0. The Morgan fingerprint density at radius 1 is 1.15 bits per heavy atom. The molecule has 0 aromatic heterocycles. The first-order valence-electron chi connectivity index (χ1n) is 8.93. The molecule has 20 heavy (non-hydrogen) atoms. The topological polar surface area (TPSA) is 29.3 Å². The number of nitrogens with two attached hydrogens (primary N) is 1. The molecule has 0 bridgehead atoms. The molecule has 1 heterocycles. The third-order valence-electron chi connectivity index (χ3n) is 6.46. The largest absolute Gasteiger partial charge is 0.328 e. The fourth-order valence-corrected chi connectivity index (χ4v) is 4.31. The fraction of sp³-hybridized carbons (Fsp3) is 1.00. The number of likely N-dealkylation sites (tertiary alicyclic amines) is 1. The van der Waals surface area contributed by atoms with E-state index < -0.39 is 0 Å². The first kappa shape index (κ1) is 16.3. The summed E-state index contributed by atoms with van der Waals surface area (Å²) in [5.41, 5.74) is 6.67. The summed E-state index contributed by atoms with van der Waals surface area (Å²) in [5.74, 6) is 1.67. The number of piperidine rings is 1. The van der Waals surface area contributed by atoms with Gasteiger partial charge >= 0.3 is 0 Å². The van der Waals surface area contributed by atoms with Gasteiger partial charge in [0.15, 0.2) is 0 Å². The van der Waals surface area contributed by atoms with Crippen LogP contribution in [0.25, 0.3) is 0 Å². The van der Waals surface area contributed by atoms with Crippen LogP contribution in [0.2, 0.25) is 0 Å². The summed E-state index contributed by atoms with van der Waals surface area (Å²) in [7, 11) is 0. The quantitative estimate of drug-likeness (QED) is 0.842. The summed E-state index contributed by atoms with van der Waals surface area (Å²) in [6.07, 6.45) is 9.72. The van der Waals surface area contributed by atoms with E-state index >= 15 is 0 Å². The molecule has 1 saturated carbocycles. The maximum atomic E-state index is 6.13. The van der Waals surface area contributed by atoms with Crippen molar-refractivity contribution in [3.05, 3.63) is 0 Å². The van der Waals surface area contributed by atoms with Crippen LogP contribution in [0, 0.1) is 17.3 Å². The van der Waals surface area contributed by atoms with Crippen LogP contribution in [0.5, 0.6) is 0 Å². The van der Waals surface area contributed by atoms with Crippen molar-refractivity contribution >= 4 is 0 Å². The van der Waals surface area contributed by atoms with Crippen LogP contribution in [0.4, 0.5) is 0 Å².